The number of thiol groups is 3. The third-order valence-corrected chi connectivity index (χ3v) is 18.0. The second-order valence-corrected chi connectivity index (χ2v) is 19.6. The summed E-state index contributed by atoms with van der Waals surface area (Å²) in [7, 11) is 0. The third-order valence-electron chi connectivity index (χ3n) is 4.33. The topological polar surface area (TPSA) is 51.2 Å². The number of hydrogen-bond donors (Lipinski definition) is 3. The Morgan fingerprint density at radius 2 is 0.933 bits per heavy atom. The minimum absolute atomic E-state index is 0.245. The SMILES string of the molecule is CCC(CC(=O)C[Te]CC(C)S)(CC(=O)C[Te]CC(C)S)CC(=O)C[Te]CC(C)S. The van der Waals surface area contributed by atoms with Gasteiger partial charge in [-0.05, 0) is 0 Å². The molecule has 9 heteroatoms. The number of Topliss-reactive ketones (excluding diaryl/α,β-unsaturated/α-hetero) is 3. The van der Waals surface area contributed by atoms with E-state index in [2.05, 4.69) is 58.7 Å². The normalized spacial score (nSPS) is 16.5. The van der Waals surface area contributed by atoms with Crippen molar-refractivity contribution in [2.45, 2.75) is 95.9 Å². The van der Waals surface area contributed by atoms with Gasteiger partial charge in [-0.15, -0.1) is 0 Å². The van der Waals surface area contributed by atoms with Crippen LogP contribution < -0.4 is 0 Å². The van der Waals surface area contributed by atoms with Crippen molar-refractivity contribution < 1.29 is 14.4 Å². The van der Waals surface area contributed by atoms with Crippen LogP contribution in [0.1, 0.15) is 53.4 Å². The summed E-state index contributed by atoms with van der Waals surface area (Å²) in [5, 5.41) is 1.03. The molecule has 0 heterocycles. The summed E-state index contributed by atoms with van der Waals surface area (Å²) in [4.78, 5) is 38.2. The second-order valence-electron chi connectivity index (χ2n) is 8.09. The monoisotopic (exact) mass is 824 g/mol. The van der Waals surface area contributed by atoms with Crippen LogP contribution in [0, 0.1) is 5.41 Å². The first kappa shape index (κ1) is 32.4. The van der Waals surface area contributed by atoms with Gasteiger partial charge in [0.15, 0.2) is 0 Å². The van der Waals surface area contributed by atoms with Crippen molar-refractivity contribution in [1.29, 1.82) is 0 Å². The van der Waals surface area contributed by atoms with Crippen LogP contribution in [-0.2, 0) is 14.4 Å². The summed E-state index contributed by atoms with van der Waals surface area (Å²) in [5.41, 5.74) is -0.468. The first-order valence-electron chi connectivity index (χ1n) is 10.3. The summed E-state index contributed by atoms with van der Waals surface area (Å²) < 4.78 is 5.07. The Kier molecular flexibility index (Phi) is 20.2. The molecule has 176 valence electrons. The van der Waals surface area contributed by atoms with Crippen LogP contribution in [0.4, 0.5) is 0 Å². The van der Waals surface area contributed by atoms with Crippen LogP contribution in [-0.4, -0.2) is 95.9 Å². The molecule has 0 aromatic carbocycles. The van der Waals surface area contributed by atoms with E-state index in [1.54, 1.807) is 0 Å². The molecule has 0 rings (SSSR count). The molecule has 0 fully saturated rings. The predicted octanol–water partition coefficient (Wildman–Crippen LogP) is 4.84. The molecule has 0 radical (unpaired) electrons. The second kappa shape index (κ2) is 18.7. The van der Waals surface area contributed by atoms with E-state index in [9.17, 15) is 14.4 Å². The van der Waals surface area contributed by atoms with Gasteiger partial charge in [-0.25, -0.2) is 0 Å². The van der Waals surface area contributed by atoms with Gasteiger partial charge in [-0.1, -0.05) is 0 Å². The molecule has 0 bridgehead atoms. The van der Waals surface area contributed by atoms with Gasteiger partial charge < -0.3 is 0 Å². The number of ketones is 3. The maximum absolute atomic E-state index is 12.7. The van der Waals surface area contributed by atoms with E-state index < -0.39 is 5.41 Å². The molecule has 0 amide bonds. The van der Waals surface area contributed by atoms with Crippen LogP contribution in [0.5, 0.6) is 0 Å². The fourth-order valence-electron chi connectivity index (χ4n) is 3.00. The Morgan fingerprint density at radius 3 is 1.13 bits per heavy atom. The quantitative estimate of drug-likeness (QED) is 0.129. The Hall–Kier alpha value is 2.43. The molecule has 30 heavy (non-hydrogen) atoms. The number of rotatable bonds is 19. The minimum atomic E-state index is -0.468. The van der Waals surface area contributed by atoms with Crippen molar-refractivity contribution in [2.24, 2.45) is 5.41 Å². The Labute approximate surface area is 231 Å². The van der Waals surface area contributed by atoms with Gasteiger partial charge in [-0.3, -0.25) is 0 Å². The van der Waals surface area contributed by atoms with Gasteiger partial charge in [0.1, 0.15) is 0 Å². The van der Waals surface area contributed by atoms with Gasteiger partial charge in [0.2, 0.25) is 0 Å². The van der Waals surface area contributed by atoms with E-state index >= 15 is 0 Å². The molecule has 0 spiro atoms. The number of carbonyl (C=O) groups is 3. The number of carbonyl (C=O) groups excluding carboxylic acids is 3. The van der Waals surface area contributed by atoms with E-state index in [1.165, 1.54) is 0 Å². The average Bonchev–Trinajstić information content (AvgIpc) is 2.60. The standard InChI is InChI=1S/C21H38O3S3Te3/c1-5-21(6-18(22)12-28-9-15(2)25,7-19(23)13-29-10-16(3)26)8-20(24)14-30-11-17(4)27/h15-17,25-27H,5-14H2,1-4H3. The summed E-state index contributed by atoms with van der Waals surface area (Å²) in [5.74, 6) is 0.735. The van der Waals surface area contributed by atoms with E-state index in [0.717, 1.165) is 13.4 Å². The summed E-state index contributed by atoms with van der Waals surface area (Å²) in [6, 6.07) is 0. The maximum atomic E-state index is 12.7. The Bertz CT molecular complexity index is 460. The van der Waals surface area contributed by atoms with Gasteiger partial charge >= 0.3 is 234 Å². The molecule has 0 aromatic heterocycles. The molecular weight excluding hydrogens is 779 g/mol. The molecule has 0 saturated carbocycles. The summed E-state index contributed by atoms with van der Waals surface area (Å²) in [6.07, 6.45) is 1.88. The fourth-order valence-corrected chi connectivity index (χ4v) is 11.9. The van der Waals surface area contributed by atoms with E-state index in [1.807, 2.05) is 6.92 Å². The summed E-state index contributed by atoms with van der Waals surface area (Å²) in [6.45, 7) is 8.24. The van der Waals surface area contributed by atoms with Crippen molar-refractivity contribution >= 4 is 118 Å². The molecule has 3 atom stereocenters. The molecule has 0 aliphatic rings. The first-order chi connectivity index (χ1) is 14.0. The van der Waals surface area contributed by atoms with E-state index in [4.69, 9.17) is 0 Å². The van der Waals surface area contributed by atoms with Crippen LogP contribution >= 0.6 is 37.9 Å². The van der Waals surface area contributed by atoms with E-state index in [-0.39, 0.29) is 80.1 Å². The Balaban J connectivity index is 5.05. The van der Waals surface area contributed by atoms with Gasteiger partial charge in [0.05, 0.1) is 0 Å². The fraction of sp³-hybridized carbons (Fsp3) is 0.857. The first-order valence-corrected chi connectivity index (χ1v) is 21.8. The zero-order valence-electron chi connectivity index (χ0n) is 18.6. The molecule has 3 unspecified atom stereocenters. The molecule has 0 aromatic rings. The van der Waals surface area contributed by atoms with Crippen molar-refractivity contribution in [2.75, 3.05) is 0 Å². The third kappa shape index (κ3) is 17.8. The van der Waals surface area contributed by atoms with Gasteiger partial charge in [0.25, 0.3) is 0 Å². The Morgan fingerprint density at radius 1 is 0.667 bits per heavy atom. The molecule has 0 N–H and O–H groups in total. The van der Waals surface area contributed by atoms with Crippen molar-refractivity contribution in [1.82, 2.24) is 0 Å². The van der Waals surface area contributed by atoms with Crippen molar-refractivity contribution in [3.63, 3.8) is 0 Å². The molecular formula is C21H38O3S3Te3. The van der Waals surface area contributed by atoms with Crippen molar-refractivity contribution in [3.05, 3.63) is 0 Å². The van der Waals surface area contributed by atoms with Gasteiger partial charge in [-0.2, -0.15) is 0 Å². The zero-order valence-corrected chi connectivity index (χ0v) is 28.3. The van der Waals surface area contributed by atoms with Crippen molar-refractivity contribution in [3.8, 4) is 0 Å². The molecule has 0 saturated heterocycles. The summed E-state index contributed by atoms with van der Waals surface area (Å²) >= 11 is 12.1. The average molecular weight is 818 g/mol. The molecule has 3 nitrogen and oxygen atoms in total. The number of hydrogen-bond acceptors (Lipinski definition) is 6. The van der Waals surface area contributed by atoms with Gasteiger partial charge in [0, 0.05) is 0 Å². The molecule has 0 aliphatic heterocycles. The van der Waals surface area contributed by atoms with Crippen LogP contribution in [0.2, 0.25) is 26.8 Å². The van der Waals surface area contributed by atoms with Crippen LogP contribution in [0.3, 0.4) is 0 Å². The van der Waals surface area contributed by atoms with Crippen LogP contribution in [0.15, 0.2) is 0 Å². The zero-order chi connectivity index (χ0) is 23.2. The van der Waals surface area contributed by atoms with Crippen LogP contribution in [0.25, 0.3) is 0 Å². The molecule has 0 aliphatic carbocycles. The predicted molar refractivity (Wildman–Crippen MR) is 143 cm³/mol. The van der Waals surface area contributed by atoms with E-state index in [0.29, 0.717) is 54.8 Å².